The van der Waals surface area contributed by atoms with Crippen molar-refractivity contribution in [3.63, 3.8) is 0 Å². The minimum Gasteiger partial charge on any atom is -0.496 e. The van der Waals surface area contributed by atoms with Crippen LogP contribution < -0.4 is 4.74 Å². The van der Waals surface area contributed by atoms with E-state index in [1.165, 1.54) is 11.1 Å². The Bertz CT molecular complexity index is 269. The van der Waals surface area contributed by atoms with Crippen molar-refractivity contribution < 1.29 is 9.47 Å². The van der Waals surface area contributed by atoms with Crippen molar-refractivity contribution >= 4 is 0 Å². The number of benzene rings is 1. The molecule has 0 radical (unpaired) electrons. The highest BCUT2D eigenvalue weighted by atomic mass is 16.5. The zero-order valence-electron chi connectivity index (χ0n) is 8.46. The molecule has 0 aliphatic heterocycles. The lowest BCUT2D eigenvalue weighted by Gasteiger charge is -2.08. The van der Waals surface area contributed by atoms with Gasteiger partial charge in [-0.1, -0.05) is 13.0 Å². The van der Waals surface area contributed by atoms with Crippen LogP contribution in [0, 0.1) is 0 Å². The molecule has 0 heterocycles. The van der Waals surface area contributed by atoms with E-state index in [1.54, 1.807) is 14.2 Å². The molecule has 0 aromatic heterocycles. The fourth-order valence-electron chi connectivity index (χ4n) is 1.36. The molecule has 0 N–H and O–H groups in total. The summed E-state index contributed by atoms with van der Waals surface area (Å²) in [6, 6.07) is 6.15. The van der Waals surface area contributed by atoms with Crippen LogP contribution in [-0.4, -0.2) is 14.2 Å². The Kier molecular flexibility index (Phi) is 3.77. The van der Waals surface area contributed by atoms with Crippen molar-refractivity contribution in [2.24, 2.45) is 0 Å². The molecular formula is C11H16O2. The maximum absolute atomic E-state index is 5.23. The van der Waals surface area contributed by atoms with E-state index in [4.69, 9.17) is 9.47 Å². The normalized spacial score (nSPS) is 10.1. The molecular weight excluding hydrogens is 164 g/mol. The lowest BCUT2D eigenvalue weighted by Crippen LogP contribution is -1.94. The third kappa shape index (κ3) is 2.46. The molecule has 2 heteroatoms. The van der Waals surface area contributed by atoms with Crippen LogP contribution in [0.1, 0.15) is 18.1 Å². The fraction of sp³-hybridized carbons (Fsp3) is 0.455. The number of hydrogen-bond donors (Lipinski definition) is 0. The molecule has 0 amide bonds. The number of aryl methyl sites for hydroxylation is 1. The van der Waals surface area contributed by atoms with Crippen molar-refractivity contribution in [2.75, 3.05) is 14.2 Å². The van der Waals surface area contributed by atoms with Gasteiger partial charge in [0.15, 0.2) is 0 Å². The maximum atomic E-state index is 5.23. The van der Waals surface area contributed by atoms with Gasteiger partial charge in [-0.2, -0.15) is 0 Å². The Morgan fingerprint density at radius 2 is 2.00 bits per heavy atom. The minimum atomic E-state index is 0.664. The first-order chi connectivity index (χ1) is 6.31. The molecule has 0 atom stereocenters. The van der Waals surface area contributed by atoms with Crippen molar-refractivity contribution in [1.82, 2.24) is 0 Å². The van der Waals surface area contributed by atoms with E-state index in [2.05, 4.69) is 13.0 Å². The standard InChI is InChI=1S/C11H16O2/c1-4-10-7-9(8-12-2)5-6-11(10)13-3/h5-7H,4,8H2,1-3H3. The van der Waals surface area contributed by atoms with Gasteiger partial charge in [-0.15, -0.1) is 0 Å². The Balaban J connectivity index is 2.91. The monoisotopic (exact) mass is 180 g/mol. The Morgan fingerprint density at radius 1 is 1.23 bits per heavy atom. The second-order valence-corrected chi connectivity index (χ2v) is 2.93. The van der Waals surface area contributed by atoms with Crippen molar-refractivity contribution in [2.45, 2.75) is 20.0 Å². The van der Waals surface area contributed by atoms with E-state index < -0.39 is 0 Å². The van der Waals surface area contributed by atoms with E-state index >= 15 is 0 Å². The van der Waals surface area contributed by atoms with E-state index in [0.717, 1.165) is 12.2 Å². The summed E-state index contributed by atoms with van der Waals surface area (Å²) >= 11 is 0. The molecule has 1 rings (SSSR count). The molecule has 0 spiro atoms. The van der Waals surface area contributed by atoms with E-state index in [9.17, 15) is 0 Å². The van der Waals surface area contributed by atoms with Gasteiger partial charge in [0.1, 0.15) is 5.75 Å². The quantitative estimate of drug-likeness (QED) is 0.708. The topological polar surface area (TPSA) is 18.5 Å². The molecule has 0 unspecified atom stereocenters. The zero-order chi connectivity index (χ0) is 9.68. The fourth-order valence-corrected chi connectivity index (χ4v) is 1.36. The predicted octanol–water partition coefficient (Wildman–Crippen LogP) is 2.40. The lowest BCUT2D eigenvalue weighted by molar-refractivity contribution is 0.185. The second kappa shape index (κ2) is 4.87. The molecule has 0 fully saturated rings. The van der Waals surface area contributed by atoms with Crippen molar-refractivity contribution in [3.05, 3.63) is 29.3 Å². The molecule has 0 aliphatic rings. The van der Waals surface area contributed by atoms with E-state index in [0.29, 0.717) is 6.61 Å². The highest BCUT2D eigenvalue weighted by Gasteiger charge is 2.01. The van der Waals surface area contributed by atoms with Crippen LogP contribution in [-0.2, 0) is 17.8 Å². The molecule has 0 saturated heterocycles. The summed E-state index contributed by atoms with van der Waals surface area (Å²) in [5.74, 6) is 0.961. The first-order valence-corrected chi connectivity index (χ1v) is 4.46. The third-order valence-corrected chi connectivity index (χ3v) is 2.04. The lowest BCUT2D eigenvalue weighted by atomic mass is 10.1. The molecule has 2 nitrogen and oxygen atoms in total. The Labute approximate surface area is 79.5 Å². The van der Waals surface area contributed by atoms with Gasteiger partial charge >= 0.3 is 0 Å². The van der Waals surface area contributed by atoms with E-state index in [-0.39, 0.29) is 0 Å². The van der Waals surface area contributed by atoms with Gasteiger partial charge in [0.2, 0.25) is 0 Å². The van der Waals surface area contributed by atoms with Crippen LogP contribution >= 0.6 is 0 Å². The average molecular weight is 180 g/mol. The van der Waals surface area contributed by atoms with Crippen LogP contribution in [0.2, 0.25) is 0 Å². The summed E-state index contributed by atoms with van der Waals surface area (Å²) in [6.45, 7) is 2.78. The van der Waals surface area contributed by atoms with Gasteiger partial charge in [-0.3, -0.25) is 0 Å². The maximum Gasteiger partial charge on any atom is 0.122 e. The number of rotatable bonds is 4. The second-order valence-electron chi connectivity index (χ2n) is 2.93. The molecule has 1 aromatic carbocycles. The first kappa shape index (κ1) is 10.1. The molecule has 72 valence electrons. The van der Waals surface area contributed by atoms with Crippen molar-refractivity contribution in [3.8, 4) is 5.75 Å². The summed E-state index contributed by atoms with van der Waals surface area (Å²) in [4.78, 5) is 0. The smallest absolute Gasteiger partial charge is 0.122 e. The summed E-state index contributed by atoms with van der Waals surface area (Å²) in [5.41, 5.74) is 2.43. The summed E-state index contributed by atoms with van der Waals surface area (Å²) in [7, 11) is 3.40. The first-order valence-electron chi connectivity index (χ1n) is 4.46. The summed E-state index contributed by atoms with van der Waals surface area (Å²) < 4.78 is 10.3. The van der Waals surface area contributed by atoms with Gasteiger partial charge in [0.05, 0.1) is 13.7 Å². The SMILES string of the molecule is CCc1cc(COC)ccc1OC. The number of hydrogen-bond acceptors (Lipinski definition) is 2. The number of ether oxygens (including phenoxy) is 2. The highest BCUT2D eigenvalue weighted by molar-refractivity contribution is 5.37. The van der Waals surface area contributed by atoms with Crippen molar-refractivity contribution in [1.29, 1.82) is 0 Å². The number of methoxy groups -OCH3 is 2. The predicted molar refractivity (Wildman–Crippen MR) is 53.1 cm³/mol. The van der Waals surface area contributed by atoms with Gasteiger partial charge in [-0.25, -0.2) is 0 Å². The molecule has 0 bridgehead atoms. The Morgan fingerprint density at radius 3 is 2.54 bits per heavy atom. The van der Waals surface area contributed by atoms with Gasteiger partial charge in [-0.05, 0) is 29.7 Å². The molecule has 1 aromatic rings. The molecule has 13 heavy (non-hydrogen) atoms. The van der Waals surface area contributed by atoms with Gasteiger partial charge in [0.25, 0.3) is 0 Å². The van der Waals surface area contributed by atoms with Gasteiger partial charge in [0, 0.05) is 7.11 Å². The summed E-state index contributed by atoms with van der Waals surface area (Å²) in [6.07, 6.45) is 0.987. The van der Waals surface area contributed by atoms with E-state index in [1.807, 2.05) is 12.1 Å². The van der Waals surface area contributed by atoms with Gasteiger partial charge < -0.3 is 9.47 Å². The van der Waals surface area contributed by atoms with Crippen LogP contribution in [0.5, 0.6) is 5.75 Å². The highest BCUT2D eigenvalue weighted by Crippen LogP contribution is 2.20. The largest absolute Gasteiger partial charge is 0.496 e. The van der Waals surface area contributed by atoms with Crippen LogP contribution in [0.4, 0.5) is 0 Å². The minimum absolute atomic E-state index is 0.664. The molecule has 0 aliphatic carbocycles. The molecule has 0 saturated carbocycles. The average Bonchev–Trinajstić information content (AvgIpc) is 2.18. The van der Waals surface area contributed by atoms with Crippen LogP contribution in [0.25, 0.3) is 0 Å². The van der Waals surface area contributed by atoms with Crippen LogP contribution in [0.15, 0.2) is 18.2 Å². The third-order valence-electron chi connectivity index (χ3n) is 2.04. The zero-order valence-corrected chi connectivity index (χ0v) is 8.46. The van der Waals surface area contributed by atoms with Crippen LogP contribution in [0.3, 0.4) is 0 Å². The summed E-state index contributed by atoms with van der Waals surface area (Å²) in [5, 5.41) is 0. The Hall–Kier alpha value is -1.02.